The number of Topliss-reactive ketones (excluding diaryl/α,β-unsaturated/α-hetero) is 1. The third-order valence-corrected chi connectivity index (χ3v) is 5.88. The summed E-state index contributed by atoms with van der Waals surface area (Å²) in [5.41, 5.74) is 1.48. The van der Waals surface area contributed by atoms with E-state index in [4.69, 9.17) is 0 Å². The highest BCUT2D eigenvalue weighted by molar-refractivity contribution is 5.79. The van der Waals surface area contributed by atoms with Crippen LogP contribution in [0.3, 0.4) is 0 Å². The minimum atomic E-state index is -0.290. The Morgan fingerprint density at radius 2 is 1.71 bits per heavy atom. The zero-order chi connectivity index (χ0) is 16.9. The van der Waals surface area contributed by atoms with Crippen LogP contribution in [0.15, 0.2) is 18.2 Å². The molecule has 2 aliphatic rings. The van der Waals surface area contributed by atoms with Crippen LogP contribution in [0.1, 0.15) is 68.4 Å². The van der Waals surface area contributed by atoms with Crippen molar-refractivity contribution in [3.05, 3.63) is 35.1 Å². The van der Waals surface area contributed by atoms with Crippen LogP contribution in [-0.4, -0.2) is 12.3 Å². The van der Waals surface area contributed by atoms with E-state index < -0.39 is 0 Å². The molecule has 2 fully saturated rings. The van der Waals surface area contributed by atoms with Gasteiger partial charge in [0.05, 0.1) is 0 Å². The largest absolute Gasteiger partial charge is 0.463 e. The Kier molecular flexibility index (Phi) is 5.64. The van der Waals surface area contributed by atoms with Crippen LogP contribution < -0.4 is 0 Å². The Bertz CT molecular complexity index is 581. The fraction of sp³-hybridized carbons (Fsp3) is 0.600. The Morgan fingerprint density at radius 1 is 1.04 bits per heavy atom. The summed E-state index contributed by atoms with van der Waals surface area (Å²) in [6, 6.07) is 5.30. The van der Waals surface area contributed by atoms with Gasteiger partial charge in [0, 0.05) is 18.4 Å². The van der Waals surface area contributed by atoms with Crippen LogP contribution in [0.5, 0.6) is 0 Å². The maximum Gasteiger partial charge on any atom is 0.293 e. The quantitative estimate of drug-likeness (QED) is 0.744. The first-order chi connectivity index (χ1) is 11.7. The third-order valence-electron chi connectivity index (χ3n) is 5.88. The van der Waals surface area contributed by atoms with E-state index in [0.717, 1.165) is 50.0 Å². The van der Waals surface area contributed by atoms with Gasteiger partial charge in [-0.1, -0.05) is 12.1 Å². The summed E-state index contributed by atoms with van der Waals surface area (Å²) in [5, 5.41) is 0. The molecule has 0 radical (unpaired) electrons. The number of ether oxygens (including phenoxy) is 1. The summed E-state index contributed by atoms with van der Waals surface area (Å²) in [5.74, 6) is 2.00. The van der Waals surface area contributed by atoms with Crippen LogP contribution in [0.2, 0.25) is 0 Å². The van der Waals surface area contributed by atoms with Gasteiger partial charge in [-0.05, 0) is 67.9 Å². The van der Waals surface area contributed by atoms with E-state index in [1.54, 1.807) is 12.1 Å². The minimum absolute atomic E-state index is 0.0112. The molecule has 0 unspecified atom stereocenters. The van der Waals surface area contributed by atoms with Gasteiger partial charge < -0.3 is 4.74 Å². The summed E-state index contributed by atoms with van der Waals surface area (Å²) in [6.45, 7) is 0.330. The van der Waals surface area contributed by atoms with Crippen LogP contribution in [0.25, 0.3) is 0 Å². The molecule has 3 rings (SSSR count). The molecule has 0 heterocycles. The van der Waals surface area contributed by atoms with Gasteiger partial charge in [-0.3, -0.25) is 9.59 Å². The minimum Gasteiger partial charge on any atom is -0.463 e. The normalized spacial score (nSPS) is 25.5. The molecule has 0 amide bonds. The molecule has 2 saturated carbocycles. The molecule has 4 heteroatoms. The van der Waals surface area contributed by atoms with Crippen molar-refractivity contribution in [3.63, 3.8) is 0 Å². The van der Waals surface area contributed by atoms with Crippen molar-refractivity contribution < 1.29 is 18.7 Å². The molecule has 2 aliphatic carbocycles. The Balaban J connectivity index is 1.55. The van der Waals surface area contributed by atoms with Gasteiger partial charge in [-0.25, -0.2) is 4.39 Å². The first-order valence-corrected chi connectivity index (χ1v) is 9.02. The summed E-state index contributed by atoms with van der Waals surface area (Å²) in [4.78, 5) is 21.6. The van der Waals surface area contributed by atoms with Crippen molar-refractivity contribution in [2.45, 2.75) is 63.9 Å². The number of ketones is 1. The number of carbonyl (C=O) groups is 2. The fourth-order valence-corrected chi connectivity index (χ4v) is 4.42. The van der Waals surface area contributed by atoms with Crippen molar-refractivity contribution in [1.29, 1.82) is 0 Å². The monoisotopic (exact) mass is 332 g/mol. The molecule has 0 aromatic heterocycles. The third kappa shape index (κ3) is 4.03. The van der Waals surface area contributed by atoms with Crippen molar-refractivity contribution in [3.8, 4) is 0 Å². The number of hydrogen-bond acceptors (Lipinski definition) is 3. The molecule has 1 aromatic rings. The number of hydrogen-bond donors (Lipinski definition) is 0. The number of halogens is 1. The Hall–Kier alpha value is -1.71. The van der Waals surface area contributed by atoms with E-state index in [1.807, 2.05) is 6.07 Å². The molecule has 24 heavy (non-hydrogen) atoms. The van der Waals surface area contributed by atoms with Crippen LogP contribution in [0, 0.1) is 17.7 Å². The van der Waals surface area contributed by atoms with Gasteiger partial charge in [-0.2, -0.15) is 0 Å². The second-order valence-corrected chi connectivity index (χ2v) is 7.25. The van der Waals surface area contributed by atoms with Gasteiger partial charge >= 0.3 is 0 Å². The van der Waals surface area contributed by atoms with Gasteiger partial charge in [0.25, 0.3) is 6.47 Å². The van der Waals surface area contributed by atoms with E-state index in [2.05, 4.69) is 4.74 Å². The average Bonchev–Trinajstić information content (AvgIpc) is 2.61. The van der Waals surface area contributed by atoms with Gasteiger partial charge in [0.15, 0.2) is 0 Å². The van der Waals surface area contributed by atoms with E-state index in [0.29, 0.717) is 29.7 Å². The first kappa shape index (κ1) is 17.1. The SMILES string of the molecule is O=COCc1ccc([C@H]2CC[C@H](C3CCC(=O)CC3)CC2)cc1F. The highest BCUT2D eigenvalue weighted by Gasteiger charge is 2.30. The maximum absolute atomic E-state index is 14.1. The highest BCUT2D eigenvalue weighted by Crippen LogP contribution is 2.42. The fourth-order valence-electron chi connectivity index (χ4n) is 4.42. The van der Waals surface area contributed by atoms with E-state index in [1.165, 1.54) is 12.8 Å². The van der Waals surface area contributed by atoms with Crippen molar-refractivity contribution in [1.82, 2.24) is 0 Å². The van der Waals surface area contributed by atoms with Crippen molar-refractivity contribution in [2.75, 3.05) is 0 Å². The molecule has 0 spiro atoms. The molecular weight excluding hydrogens is 307 g/mol. The van der Waals surface area contributed by atoms with Crippen LogP contribution in [-0.2, 0) is 20.9 Å². The molecular formula is C20H25FO3. The van der Waals surface area contributed by atoms with Crippen molar-refractivity contribution in [2.24, 2.45) is 11.8 Å². The molecule has 0 aliphatic heterocycles. The summed E-state index contributed by atoms with van der Waals surface area (Å²) in [7, 11) is 0. The molecule has 3 nitrogen and oxygen atoms in total. The lowest BCUT2D eigenvalue weighted by atomic mass is 9.70. The van der Waals surface area contributed by atoms with Crippen LogP contribution >= 0.6 is 0 Å². The Morgan fingerprint density at radius 3 is 2.33 bits per heavy atom. The standard InChI is InChI=1S/C20H25FO3/c21-20-11-17(5-6-18(20)12-24-13-22)16-3-1-14(2-4-16)15-7-9-19(23)10-8-15/h5-6,11,13-16H,1-4,7-10,12H2/t14-,16-. The van der Waals surface area contributed by atoms with E-state index in [-0.39, 0.29) is 12.4 Å². The highest BCUT2D eigenvalue weighted by atomic mass is 19.1. The zero-order valence-electron chi connectivity index (χ0n) is 14.0. The average molecular weight is 332 g/mol. The van der Waals surface area contributed by atoms with Crippen LogP contribution in [0.4, 0.5) is 4.39 Å². The lowest BCUT2D eigenvalue weighted by Gasteiger charge is -2.35. The second kappa shape index (κ2) is 7.91. The number of benzene rings is 1. The zero-order valence-corrected chi connectivity index (χ0v) is 14.0. The van der Waals surface area contributed by atoms with Gasteiger partial charge in [0.1, 0.15) is 18.2 Å². The predicted molar refractivity (Wildman–Crippen MR) is 88.9 cm³/mol. The first-order valence-electron chi connectivity index (χ1n) is 9.02. The lowest BCUT2D eigenvalue weighted by molar-refractivity contribution is -0.129. The summed E-state index contributed by atoms with van der Waals surface area (Å²) in [6.07, 6.45) is 8.21. The maximum atomic E-state index is 14.1. The van der Waals surface area contributed by atoms with E-state index >= 15 is 0 Å². The predicted octanol–water partition coefficient (Wildman–Crippen LogP) is 4.53. The van der Waals surface area contributed by atoms with E-state index in [9.17, 15) is 14.0 Å². The Labute approximate surface area is 142 Å². The summed E-state index contributed by atoms with van der Waals surface area (Å²) < 4.78 is 18.7. The topological polar surface area (TPSA) is 43.4 Å². The van der Waals surface area contributed by atoms with Gasteiger partial charge in [-0.15, -0.1) is 0 Å². The van der Waals surface area contributed by atoms with Crippen molar-refractivity contribution >= 4 is 12.3 Å². The smallest absolute Gasteiger partial charge is 0.293 e. The molecule has 130 valence electrons. The molecule has 0 saturated heterocycles. The molecule has 0 N–H and O–H groups in total. The van der Waals surface area contributed by atoms with Gasteiger partial charge in [0.2, 0.25) is 0 Å². The second-order valence-electron chi connectivity index (χ2n) is 7.25. The number of rotatable bonds is 5. The molecule has 0 atom stereocenters. The number of carbonyl (C=O) groups excluding carboxylic acids is 2. The summed E-state index contributed by atoms with van der Waals surface area (Å²) >= 11 is 0. The molecule has 0 bridgehead atoms. The molecule has 1 aromatic carbocycles. The lowest BCUT2D eigenvalue weighted by Crippen LogP contribution is -2.25.